The summed E-state index contributed by atoms with van der Waals surface area (Å²) in [5.41, 5.74) is 2.99. The van der Waals surface area contributed by atoms with Gasteiger partial charge in [0.15, 0.2) is 0 Å². The quantitative estimate of drug-likeness (QED) is 0.711. The number of nitrogens with zero attached hydrogens (tertiary/aromatic N) is 3. The third-order valence-electron chi connectivity index (χ3n) is 3.22. The van der Waals surface area contributed by atoms with Gasteiger partial charge in [-0.25, -0.2) is 4.98 Å². The van der Waals surface area contributed by atoms with Crippen molar-refractivity contribution in [2.24, 2.45) is 0 Å². The maximum absolute atomic E-state index is 9.26. The molecule has 0 saturated heterocycles. The van der Waals surface area contributed by atoms with E-state index in [-0.39, 0.29) is 0 Å². The molecule has 0 spiro atoms. The highest BCUT2D eigenvalue weighted by Crippen LogP contribution is 2.27. The fourth-order valence-electron chi connectivity index (χ4n) is 2.23. The number of nitriles is 1. The van der Waals surface area contributed by atoms with E-state index >= 15 is 0 Å². The van der Waals surface area contributed by atoms with E-state index in [1.54, 1.807) is 6.20 Å². The standard InChI is InChI=1S/C17H13N3O/c1-11-8-12(2)20-17(15(11)10-18)21-14-6-5-13-4-3-7-19-16(13)9-14/h3-9H,1-2H3. The van der Waals surface area contributed by atoms with E-state index in [0.29, 0.717) is 17.2 Å². The lowest BCUT2D eigenvalue weighted by atomic mass is 10.1. The molecule has 2 heterocycles. The zero-order chi connectivity index (χ0) is 14.8. The van der Waals surface area contributed by atoms with E-state index < -0.39 is 0 Å². The minimum Gasteiger partial charge on any atom is -0.438 e. The van der Waals surface area contributed by atoms with Crippen LogP contribution in [0.3, 0.4) is 0 Å². The van der Waals surface area contributed by atoms with Gasteiger partial charge in [-0.1, -0.05) is 6.07 Å². The van der Waals surface area contributed by atoms with Crippen LogP contribution in [0.1, 0.15) is 16.8 Å². The highest BCUT2D eigenvalue weighted by molar-refractivity contribution is 5.79. The number of aryl methyl sites for hydroxylation is 2. The highest BCUT2D eigenvalue weighted by Gasteiger charge is 2.11. The normalized spacial score (nSPS) is 10.3. The molecule has 0 aliphatic rings. The lowest BCUT2D eigenvalue weighted by Gasteiger charge is -2.09. The van der Waals surface area contributed by atoms with E-state index in [9.17, 15) is 5.26 Å². The van der Waals surface area contributed by atoms with E-state index in [0.717, 1.165) is 22.2 Å². The Morgan fingerprint density at radius 2 is 2.00 bits per heavy atom. The van der Waals surface area contributed by atoms with Gasteiger partial charge in [-0.3, -0.25) is 4.98 Å². The number of pyridine rings is 2. The molecule has 0 amide bonds. The van der Waals surface area contributed by atoms with E-state index in [2.05, 4.69) is 16.0 Å². The molecule has 0 aliphatic heterocycles. The lowest BCUT2D eigenvalue weighted by molar-refractivity contribution is 0.460. The number of hydrogen-bond acceptors (Lipinski definition) is 4. The van der Waals surface area contributed by atoms with E-state index in [1.807, 2.05) is 50.2 Å². The minimum atomic E-state index is 0.338. The van der Waals surface area contributed by atoms with Crippen molar-refractivity contribution >= 4 is 10.9 Å². The third-order valence-corrected chi connectivity index (χ3v) is 3.22. The molecular weight excluding hydrogens is 262 g/mol. The Morgan fingerprint density at radius 3 is 2.81 bits per heavy atom. The van der Waals surface area contributed by atoms with Gasteiger partial charge in [-0.15, -0.1) is 0 Å². The van der Waals surface area contributed by atoms with Crippen LogP contribution in [0.2, 0.25) is 0 Å². The van der Waals surface area contributed by atoms with Crippen molar-refractivity contribution in [1.29, 1.82) is 5.26 Å². The van der Waals surface area contributed by atoms with Crippen LogP contribution < -0.4 is 4.74 Å². The Bertz CT molecular complexity index is 866. The highest BCUT2D eigenvalue weighted by atomic mass is 16.5. The molecule has 4 heteroatoms. The van der Waals surface area contributed by atoms with Gasteiger partial charge in [0.05, 0.1) is 5.52 Å². The third kappa shape index (κ3) is 2.54. The zero-order valence-electron chi connectivity index (χ0n) is 11.8. The fraction of sp³-hybridized carbons (Fsp3) is 0.118. The van der Waals surface area contributed by atoms with Crippen LogP contribution in [0.5, 0.6) is 11.6 Å². The second kappa shape index (κ2) is 5.22. The second-order valence-corrected chi connectivity index (χ2v) is 4.83. The Hall–Kier alpha value is -2.93. The molecule has 102 valence electrons. The Balaban J connectivity index is 2.04. The molecule has 0 aliphatic carbocycles. The molecule has 0 saturated carbocycles. The van der Waals surface area contributed by atoms with Gasteiger partial charge < -0.3 is 4.74 Å². The number of ether oxygens (including phenoxy) is 1. The monoisotopic (exact) mass is 275 g/mol. The Kier molecular flexibility index (Phi) is 3.25. The van der Waals surface area contributed by atoms with Crippen LogP contribution in [0.25, 0.3) is 10.9 Å². The molecular formula is C17H13N3O. The summed E-state index contributed by atoms with van der Waals surface area (Å²) >= 11 is 0. The van der Waals surface area contributed by atoms with E-state index in [1.165, 1.54) is 0 Å². The number of aromatic nitrogens is 2. The van der Waals surface area contributed by atoms with Crippen molar-refractivity contribution in [3.05, 3.63) is 59.4 Å². The summed E-state index contributed by atoms with van der Waals surface area (Å²) in [6, 6.07) is 13.5. The maximum atomic E-state index is 9.26. The van der Waals surface area contributed by atoms with Gasteiger partial charge in [-0.2, -0.15) is 5.26 Å². The Morgan fingerprint density at radius 1 is 1.14 bits per heavy atom. The van der Waals surface area contributed by atoms with Crippen LogP contribution in [0.15, 0.2) is 42.6 Å². The number of fused-ring (bicyclic) bond motifs is 1. The summed E-state index contributed by atoms with van der Waals surface area (Å²) in [6.45, 7) is 3.75. The lowest BCUT2D eigenvalue weighted by Crippen LogP contribution is -1.97. The molecule has 0 fully saturated rings. The van der Waals surface area contributed by atoms with Crippen molar-refractivity contribution in [3.8, 4) is 17.7 Å². The van der Waals surface area contributed by atoms with Gasteiger partial charge in [0.25, 0.3) is 0 Å². The second-order valence-electron chi connectivity index (χ2n) is 4.83. The largest absolute Gasteiger partial charge is 0.438 e. The van der Waals surface area contributed by atoms with Crippen LogP contribution >= 0.6 is 0 Å². The van der Waals surface area contributed by atoms with Crippen molar-refractivity contribution in [2.75, 3.05) is 0 Å². The van der Waals surface area contributed by atoms with Crippen molar-refractivity contribution in [1.82, 2.24) is 9.97 Å². The summed E-state index contributed by atoms with van der Waals surface area (Å²) in [7, 11) is 0. The molecule has 2 aromatic heterocycles. The SMILES string of the molecule is Cc1cc(C)c(C#N)c(Oc2ccc3cccnc3c2)n1. The van der Waals surface area contributed by atoms with Crippen LogP contribution in [-0.2, 0) is 0 Å². The predicted molar refractivity (Wildman–Crippen MR) is 80.2 cm³/mol. The number of benzene rings is 1. The molecule has 3 aromatic rings. The summed E-state index contributed by atoms with van der Waals surface area (Å²) in [5.74, 6) is 0.959. The summed E-state index contributed by atoms with van der Waals surface area (Å²) < 4.78 is 5.80. The maximum Gasteiger partial charge on any atom is 0.237 e. The molecule has 0 atom stereocenters. The molecule has 0 bridgehead atoms. The average molecular weight is 275 g/mol. The summed E-state index contributed by atoms with van der Waals surface area (Å²) in [6.07, 6.45) is 1.74. The predicted octanol–water partition coefficient (Wildman–Crippen LogP) is 3.91. The Labute approximate surface area is 122 Å². The molecule has 3 rings (SSSR count). The average Bonchev–Trinajstić information content (AvgIpc) is 2.47. The van der Waals surface area contributed by atoms with Crippen molar-refractivity contribution < 1.29 is 4.74 Å². The number of rotatable bonds is 2. The summed E-state index contributed by atoms with van der Waals surface area (Å²) in [5, 5.41) is 10.3. The zero-order valence-corrected chi connectivity index (χ0v) is 11.8. The van der Waals surface area contributed by atoms with Gasteiger partial charge in [0, 0.05) is 23.3 Å². The van der Waals surface area contributed by atoms with Gasteiger partial charge in [0.1, 0.15) is 17.4 Å². The minimum absolute atomic E-state index is 0.338. The molecule has 0 unspecified atom stereocenters. The van der Waals surface area contributed by atoms with E-state index in [4.69, 9.17) is 4.74 Å². The van der Waals surface area contributed by atoms with Gasteiger partial charge >= 0.3 is 0 Å². The van der Waals surface area contributed by atoms with Gasteiger partial charge in [0.2, 0.25) is 5.88 Å². The van der Waals surface area contributed by atoms with Crippen molar-refractivity contribution in [2.45, 2.75) is 13.8 Å². The van der Waals surface area contributed by atoms with Crippen LogP contribution in [-0.4, -0.2) is 9.97 Å². The van der Waals surface area contributed by atoms with Crippen LogP contribution in [0, 0.1) is 25.2 Å². The first-order valence-electron chi connectivity index (χ1n) is 6.58. The van der Waals surface area contributed by atoms with Crippen LogP contribution in [0.4, 0.5) is 0 Å². The first kappa shape index (κ1) is 13.1. The topological polar surface area (TPSA) is 58.8 Å². The van der Waals surface area contributed by atoms with Gasteiger partial charge in [-0.05, 0) is 43.7 Å². The smallest absolute Gasteiger partial charge is 0.237 e. The molecule has 0 radical (unpaired) electrons. The first-order valence-corrected chi connectivity index (χ1v) is 6.58. The molecule has 21 heavy (non-hydrogen) atoms. The molecule has 1 aromatic carbocycles. The fourth-order valence-corrected chi connectivity index (χ4v) is 2.23. The first-order chi connectivity index (χ1) is 10.2. The number of hydrogen-bond donors (Lipinski definition) is 0. The molecule has 4 nitrogen and oxygen atoms in total. The van der Waals surface area contributed by atoms with Crippen molar-refractivity contribution in [3.63, 3.8) is 0 Å². The summed E-state index contributed by atoms with van der Waals surface area (Å²) in [4.78, 5) is 8.61. The molecule has 0 N–H and O–H groups in total.